The lowest BCUT2D eigenvalue weighted by atomic mass is 10.2. The highest BCUT2D eigenvalue weighted by atomic mass is 16.5. The molecule has 8 nitrogen and oxygen atoms in total. The lowest BCUT2D eigenvalue weighted by molar-refractivity contribution is 0.162. The number of nitrogens with zero attached hydrogens (tertiary/aromatic N) is 5. The van der Waals surface area contributed by atoms with Crippen LogP contribution >= 0.6 is 0 Å². The van der Waals surface area contributed by atoms with Crippen LogP contribution in [0.3, 0.4) is 0 Å². The van der Waals surface area contributed by atoms with E-state index in [0.29, 0.717) is 18.3 Å². The summed E-state index contributed by atoms with van der Waals surface area (Å²) in [6.45, 7) is 6.11. The van der Waals surface area contributed by atoms with Gasteiger partial charge in [-0.25, -0.2) is 4.98 Å². The topological polar surface area (TPSA) is 83.3 Å². The highest BCUT2D eigenvalue weighted by Gasteiger charge is 2.26. The molecule has 1 fully saturated rings. The molecule has 0 radical (unpaired) electrons. The maximum Gasteiger partial charge on any atom is 0.243 e. The third-order valence-corrected chi connectivity index (χ3v) is 4.65. The predicted molar refractivity (Wildman–Crippen MR) is 93.3 cm³/mol. The molecule has 0 saturated carbocycles. The van der Waals surface area contributed by atoms with Crippen molar-refractivity contribution in [3.05, 3.63) is 36.0 Å². The summed E-state index contributed by atoms with van der Waals surface area (Å²) in [5.41, 5.74) is 2.08. The van der Waals surface area contributed by atoms with Crippen molar-refractivity contribution in [2.75, 3.05) is 38.2 Å². The van der Waals surface area contributed by atoms with Crippen LogP contribution in [0.5, 0.6) is 0 Å². The molecule has 25 heavy (non-hydrogen) atoms. The molecule has 1 aromatic carbocycles. The predicted octanol–water partition coefficient (Wildman–Crippen LogP) is 1.98. The van der Waals surface area contributed by atoms with Gasteiger partial charge in [0.25, 0.3) is 0 Å². The van der Waals surface area contributed by atoms with Crippen molar-refractivity contribution < 1.29 is 9.26 Å². The highest BCUT2D eigenvalue weighted by molar-refractivity contribution is 5.77. The molecule has 1 N–H and O–H groups in total. The number of ether oxygens (including phenoxy) is 1. The SMILES string of the molecule is COCc1noc([C@H](C)N2CCN(c3nc4ccccc4[nH]3)CC2)n1. The molecule has 0 amide bonds. The summed E-state index contributed by atoms with van der Waals surface area (Å²) >= 11 is 0. The van der Waals surface area contributed by atoms with Crippen LogP contribution in [-0.2, 0) is 11.3 Å². The van der Waals surface area contributed by atoms with E-state index >= 15 is 0 Å². The first-order chi connectivity index (χ1) is 12.2. The molecule has 2 aromatic heterocycles. The van der Waals surface area contributed by atoms with Gasteiger partial charge in [-0.2, -0.15) is 4.98 Å². The first kappa shape index (κ1) is 16.0. The summed E-state index contributed by atoms with van der Waals surface area (Å²) in [5, 5.41) is 3.95. The molecule has 0 bridgehead atoms. The summed E-state index contributed by atoms with van der Waals surface area (Å²) < 4.78 is 10.4. The fraction of sp³-hybridized carbons (Fsp3) is 0.471. The molecular formula is C17H22N6O2. The largest absolute Gasteiger partial charge is 0.377 e. The number of imidazole rings is 1. The number of fused-ring (bicyclic) bond motifs is 1. The standard InChI is InChI=1S/C17H22N6O2/c1-12(16-20-15(11-24-2)21-25-16)22-7-9-23(10-8-22)17-18-13-5-3-4-6-14(13)19-17/h3-6,12H,7-11H2,1-2H3,(H,18,19)/t12-/m0/s1. The second-order valence-corrected chi connectivity index (χ2v) is 6.26. The quantitative estimate of drug-likeness (QED) is 0.759. The molecule has 1 saturated heterocycles. The van der Waals surface area contributed by atoms with Crippen LogP contribution < -0.4 is 4.90 Å². The van der Waals surface area contributed by atoms with E-state index in [1.807, 2.05) is 18.2 Å². The Labute approximate surface area is 145 Å². The van der Waals surface area contributed by atoms with Gasteiger partial charge in [-0.3, -0.25) is 4.90 Å². The summed E-state index contributed by atoms with van der Waals surface area (Å²) in [7, 11) is 1.62. The third kappa shape index (κ3) is 3.22. The Morgan fingerprint density at radius 3 is 2.76 bits per heavy atom. The van der Waals surface area contributed by atoms with Crippen molar-refractivity contribution in [1.29, 1.82) is 0 Å². The van der Waals surface area contributed by atoms with Gasteiger partial charge >= 0.3 is 0 Å². The van der Waals surface area contributed by atoms with E-state index in [-0.39, 0.29) is 6.04 Å². The number of H-pyrrole nitrogens is 1. The fourth-order valence-electron chi connectivity index (χ4n) is 3.19. The number of aromatic nitrogens is 4. The van der Waals surface area contributed by atoms with Gasteiger partial charge in [-0.1, -0.05) is 17.3 Å². The lowest BCUT2D eigenvalue weighted by Gasteiger charge is -2.36. The Hall–Kier alpha value is -2.45. The summed E-state index contributed by atoms with van der Waals surface area (Å²) in [6.07, 6.45) is 0. The summed E-state index contributed by atoms with van der Waals surface area (Å²) in [6, 6.07) is 8.20. The summed E-state index contributed by atoms with van der Waals surface area (Å²) in [5.74, 6) is 2.17. The van der Waals surface area contributed by atoms with Gasteiger partial charge in [0, 0.05) is 33.3 Å². The van der Waals surface area contributed by atoms with Crippen molar-refractivity contribution in [3.8, 4) is 0 Å². The van der Waals surface area contributed by atoms with Gasteiger partial charge < -0.3 is 19.1 Å². The number of piperazine rings is 1. The number of para-hydroxylation sites is 2. The Balaban J connectivity index is 1.40. The smallest absolute Gasteiger partial charge is 0.243 e. The van der Waals surface area contributed by atoms with E-state index in [9.17, 15) is 0 Å². The van der Waals surface area contributed by atoms with Crippen LogP contribution in [-0.4, -0.2) is 58.3 Å². The fourth-order valence-corrected chi connectivity index (χ4v) is 3.19. The first-order valence-electron chi connectivity index (χ1n) is 8.50. The Kier molecular flexibility index (Phi) is 4.37. The van der Waals surface area contributed by atoms with Crippen molar-refractivity contribution in [2.45, 2.75) is 19.6 Å². The first-order valence-corrected chi connectivity index (χ1v) is 8.50. The molecule has 0 unspecified atom stereocenters. The van der Waals surface area contributed by atoms with E-state index in [0.717, 1.165) is 43.2 Å². The van der Waals surface area contributed by atoms with E-state index in [1.165, 1.54) is 0 Å². The zero-order valence-electron chi connectivity index (χ0n) is 14.5. The van der Waals surface area contributed by atoms with Gasteiger partial charge in [0.1, 0.15) is 6.61 Å². The summed E-state index contributed by atoms with van der Waals surface area (Å²) in [4.78, 5) is 17.1. The van der Waals surface area contributed by atoms with Crippen LogP contribution in [0, 0.1) is 0 Å². The molecule has 8 heteroatoms. The van der Waals surface area contributed by atoms with Gasteiger partial charge in [-0.05, 0) is 19.1 Å². The van der Waals surface area contributed by atoms with Crippen LogP contribution in [0.4, 0.5) is 5.95 Å². The minimum atomic E-state index is 0.0935. The molecule has 132 valence electrons. The lowest BCUT2D eigenvalue weighted by Crippen LogP contribution is -2.47. The van der Waals surface area contributed by atoms with Gasteiger partial charge in [0.05, 0.1) is 17.1 Å². The molecule has 1 atom stereocenters. The Bertz CT molecular complexity index is 803. The van der Waals surface area contributed by atoms with Gasteiger partial charge in [0.2, 0.25) is 11.8 Å². The minimum absolute atomic E-state index is 0.0935. The van der Waals surface area contributed by atoms with Crippen LogP contribution in [0.25, 0.3) is 11.0 Å². The molecule has 1 aliphatic rings. The number of anilines is 1. The highest BCUT2D eigenvalue weighted by Crippen LogP contribution is 2.23. The van der Waals surface area contributed by atoms with Crippen LogP contribution in [0.1, 0.15) is 24.7 Å². The molecular weight excluding hydrogens is 320 g/mol. The van der Waals surface area contributed by atoms with E-state index in [2.05, 4.69) is 42.9 Å². The normalized spacial score (nSPS) is 17.3. The number of aromatic amines is 1. The zero-order valence-corrected chi connectivity index (χ0v) is 14.5. The number of rotatable bonds is 5. The maximum atomic E-state index is 5.37. The number of hydrogen-bond donors (Lipinski definition) is 1. The third-order valence-electron chi connectivity index (χ3n) is 4.65. The van der Waals surface area contributed by atoms with Crippen molar-refractivity contribution in [2.24, 2.45) is 0 Å². The molecule has 3 heterocycles. The van der Waals surface area contributed by atoms with Crippen LogP contribution in [0.15, 0.2) is 28.8 Å². The Morgan fingerprint density at radius 2 is 2.00 bits per heavy atom. The Morgan fingerprint density at radius 1 is 1.20 bits per heavy atom. The number of methoxy groups -OCH3 is 1. The molecule has 4 rings (SSSR count). The average Bonchev–Trinajstić information content (AvgIpc) is 3.28. The minimum Gasteiger partial charge on any atom is -0.377 e. The molecule has 3 aromatic rings. The molecule has 0 aliphatic carbocycles. The second kappa shape index (κ2) is 6.81. The van der Waals surface area contributed by atoms with E-state index < -0.39 is 0 Å². The van der Waals surface area contributed by atoms with Crippen molar-refractivity contribution >= 4 is 17.0 Å². The van der Waals surface area contributed by atoms with E-state index in [4.69, 9.17) is 9.26 Å². The second-order valence-electron chi connectivity index (χ2n) is 6.26. The van der Waals surface area contributed by atoms with Crippen LogP contribution in [0.2, 0.25) is 0 Å². The maximum absolute atomic E-state index is 5.37. The van der Waals surface area contributed by atoms with E-state index in [1.54, 1.807) is 7.11 Å². The number of nitrogens with one attached hydrogen (secondary N) is 1. The number of hydrogen-bond acceptors (Lipinski definition) is 7. The van der Waals surface area contributed by atoms with Crippen molar-refractivity contribution in [1.82, 2.24) is 25.0 Å². The number of benzene rings is 1. The van der Waals surface area contributed by atoms with Gasteiger partial charge in [-0.15, -0.1) is 0 Å². The molecule has 1 aliphatic heterocycles. The zero-order chi connectivity index (χ0) is 17.2. The molecule has 0 spiro atoms. The monoisotopic (exact) mass is 342 g/mol. The van der Waals surface area contributed by atoms with Gasteiger partial charge in [0.15, 0.2) is 5.82 Å². The van der Waals surface area contributed by atoms with Crippen molar-refractivity contribution in [3.63, 3.8) is 0 Å². The average molecular weight is 342 g/mol.